The standard InChI is InChI=1S/C14H22N2O3S/c17-10-2-4-12-3-1-5-13(11-12)16-20(18,19)14-6-8-15-9-7-14/h1,3,5,11,14-17H,2,4,6-10H2. The van der Waals surface area contributed by atoms with Crippen molar-refractivity contribution in [3.05, 3.63) is 29.8 Å². The van der Waals surface area contributed by atoms with Gasteiger partial charge in [0.15, 0.2) is 0 Å². The van der Waals surface area contributed by atoms with Gasteiger partial charge < -0.3 is 10.4 Å². The summed E-state index contributed by atoms with van der Waals surface area (Å²) in [5.74, 6) is 0. The highest BCUT2D eigenvalue weighted by molar-refractivity contribution is 7.93. The zero-order valence-electron chi connectivity index (χ0n) is 11.5. The molecule has 6 heteroatoms. The molecule has 112 valence electrons. The van der Waals surface area contributed by atoms with Crippen LogP contribution in [0.15, 0.2) is 24.3 Å². The van der Waals surface area contributed by atoms with E-state index < -0.39 is 10.0 Å². The molecule has 1 aliphatic rings. The van der Waals surface area contributed by atoms with Crippen LogP contribution in [-0.4, -0.2) is 38.5 Å². The van der Waals surface area contributed by atoms with Crippen molar-refractivity contribution in [3.63, 3.8) is 0 Å². The lowest BCUT2D eigenvalue weighted by Gasteiger charge is -2.23. The van der Waals surface area contributed by atoms with E-state index in [2.05, 4.69) is 10.0 Å². The minimum atomic E-state index is -3.31. The Labute approximate surface area is 120 Å². The normalized spacial score (nSPS) is 17.1. The van der Waals surface area contributed by atoms with E-state index in [9.17, 15) is 8.42 Å². The van der Waals surface area contributed by atoms with Gasteiger partial charge in [-0.3, -0.25) is 4.72 Å². The minimum Gasteiger partial charge on any atom is -0.396 e. The van der Waals surface area contributed by atoms with E-state index in [1.165, 1.54) is 0 Å². The van der Waals surface area contributed by atoms with Gasteiger partial charge in [0.1, 0.15) is 0 Å². The Bertz CT molecular complexity index is 525. The van der Waals surface area contributed by atoms with Crippen LogP contribution in [0.2, 0.25) is 0 Å². The first-order valence-electron chi connectivity index (χ1n) is 7.04. The third-order valence-corrected chi connectivity index (χ3v) is 5.40. The molecule has 0 saturated carbocycles. The van der Waals surface area contributed by atoms with Crippen molar-refractivity contribution in [3.8, 4) is 0 Å². The molecule has 5 nitrogen and oxygen atoms in total. The fraction of sp³-hybridized carbons (Fsp3) is 0.571. The van der Waals surface area contributed by atoms with E-state index in [1.807, 2.05) is 18.2 Å². The van der Waals surface area contributed by atoms with E-state index in [-0.39, 0.29) is 11.9 Å². The second-order valence-electron chi connectivity index (χ2n) is 5.12. The van der Waals surface area contributed by atoms with E-state index in [0.29, 0.717) is 24.9 Å². The Kier molecular flexibility index (Phi) is 5.39. The number of sulfonamides is 1. The molecular weight excluding hydrogens is 276 g/mol. The number of anilines is 1. The number of hydrogen-bond acceptors (Lipinski definition) is 4. The molecule has 1 aromatic rings. The van der Waals surface area contributed by atoms with Crippen molar-refractivity contribution in [1.82, 2.24) is 5.32 Å². The molecule has 3 N–H and O–H groups in total. The molecule has 0 bridgehead atoms. The number of benzene rings is 1. The van der Waals surface area contributed by atoms with Crippen LogP contribution in [0.25, 0.3) is 0 Å². The smallest absolute Gasteiger partial charge is 0.235 e. The highest BCUT2D eigenvalue weighted by atomic mass is 32.2. The van der Waals surface area contributed by atoms with Crippen molar-refractivity contribution >= 4 is 15.7 Å². The molecule has 20 heavy (non-hydrogen) atoms. The number of aliphatic hydroxyl groups is 1. The molecule has 1 aromatic carbocycles. The van der Waals surface area contributed by atoms with Crippen LogP contribution in [0.4, 0.5) is 5.69 Å². The summed E-state index contributed by atoms with van der Waals surface area (Å²) in [7, 11) is -3.31. The molecule has 0 radical (unpaired) electrons. The van der Waals surface area contributed by atoms with Gasteiger partial charge in [0, 0.05) is 12.3 Å². The molecule has 1 fully saturated rings. The second-order valence-corrected chi connectivity index (χ2v) is 7.08. The number of hydrogen-bond donors (Lipinski definition) is 3. The van der Waals surface area contributed by atoms with Crippen molar-refractivity contribution in [2.24, 2.45) is 0 Å². The van der Waals surface area contributed by atoms with Gasteiger partial charge in [-0.2, -0.15) is 0 Å². The number of aliphatic hydroxyl groups excluding tert-OH is 1. The maximum absolute atomic E-state index is 12.3. The SMILES string of the molecule is O=S(=O)(Nc1cccc(CCCO)c1)C1CCNCC1. The van der Waals surface area contributed by atoms with Gasteiger partial charge >= 0.3 is 0 Å². The molecule has 0 spiro atoms. The van der Waals surface area contributed by atoms with Crippen LogP contribution in [0.1, 0.15) is 24.8 Å². The van der Waals surface area contributed by atoms with E-state index in [1.54, 1.807) is 6.07 Å². The van der Waals surface area contributed by atoms with Crippen molar-refractivity contribution in [2.75, 3.05) is 24.4 Å². The van der Waals surface area contributed by atoms with Crippen molar-refractivity contribution < 1.29 is 13.5 Å². The quantitative estimate of drug-likeness (QED) is 0.735. The molecule has 0 amide bonds. The van der Waals surface area contributed by atoms with Crippen LogP contribution < -0.4 is 10.0 Å². The number of nitrogens with one attached hydrogen (secondary N) is 2. The number of piperidine rings is 1. The molecule has 1 aliphatic heterocycles. The summed E-state index contributed by atoms with van der Waals surface area (Å²) < 4.78 is 27.3. The Morgan fingerprint density at radius 3 is 2.75 bits per heavy atom. The lowest BCUT2D eigenvalue weighted by atomic mass is 10.1. The average Bonchev–Trinajstić information content (AvgIpc) is 2.46. The highest BCUT2D eigenvalue weighted by Crippen LogP contribution is 2.19. The summed E-state index contributed by atoms with van der Waals surface area (Å²) in [5.41, 5.74) is 1.64. The largest absolute Gasteiger partial charge is 0.396 e. The van der Waals surface area contributed by atoms with Gasteiger partial charge in [0.25, 0.3) is 0 Å². The average molecular weight is 298 g/mol. The van der Waals surface area contributed by atoms with E-state index in [0.717, 1.165) is 25.1 Å². The zero-order chi connectivity index (χ0) is 14.4. The first-order valence-corrected chi connectivity index (χ1v) is 8.58. The van der Waals surface area contributed by atoms with Gasteiger partial charge in [0.05, 0.1) is 5.25 Å². The molecule has 0 atom stereocenters. The lowest BCUT2D eigenvalue weighted by molar-refractivity contribution is 0.288. The first-order chi connectivity index (χ1) is 9.62. The lowest BCUT2D eigenvalue weighted by Crippen LogP contribution is -2.38. The number of rotatable bonds is 6. The van der Waals surface area contributed by atoms with Crippen LogP contribution in [0, 0.1) is 0 Å². The second kappa shape index (κ2) is 7.06. The van der Waals surface area contributed by atoms with Gasteiger partial charge in [-0.1, -0.05) is 12.1 Å². The topological polar surface area (TPSA) is 78.4 Å². The predicted octanol–water partition coefficient (Wildman–Crippen LogP) is 1.11. The molecule has 1 saturated heterocycles. The molecule has 0 aromatic heterocycles. The van der Waals surface area contributed by atoms with Crippen molar-refractivity contribution in [1.29, 1.82) is 0 Å². The minimum absolute atomic E-state index is 0.144. The fourth-order valence-corrected chi connectivity index (χ4v) is 3.91. The third kappa shape index (κ3) is 4.19. The molecule has 0 aliphatic carbocycles. The maximum Gasteiger partial charge on any atom is 0.235 e. The van der Waals surface area contributed by atoms with Crippen LogP contribution in [0.3, 0.4) is 0 Å². The summed E-state index contributed by atoms with van der Waals surface area (Å²) in [6.45, 7) is 1.65. The maximum atomic E-state index is 12.3. The Hall–Kier alpha value is -1.11. The third-order valence-electron chi connectivity index (χ3n) is 3.54. The summed E-state index contributed by atoms with van der Waals surface area (Å²) in [6, 6.07) is 7.39. The van der Waals surface area contributed by atoms with Gasteiger partial charge in [-0.15, -0.1) is 0 Å². The monoisotopic (exact) mass is 298 g/mol. The molecular formula is C14H22N2O3S. The Morgan fingerprint density at radius 2 is 2.05 bits per heavy atom. The molecule has 1 heterocycles. The van der Waals surface area contributed by atoms with Crippen molar-refractivity contribution in [2.45, 2.75) is 30.9 Å². The summed E-state index contributed by atoms with van der Waals surface area (Å²) >= 11 is 0. The van der Waals surface area contributed by atoms with Crippen LogP contribution in [0.5, 0.6) is 0 Å². The van der Waals surface area contributed by atoms with E-state index >= 15 is 0 Å². The Morgan fingerprint density at radius 1 is 1.30 bits per heavy atom. The van der Waals surface area contributed by atoms with Crippen LogP contribution >= 0.6 is 0 Å². The molecule has 0 unspecified atom stereocenters. The van der Waals surface area contributed by atoms with Crippen LogP contribution in [-0.2, 0) is 16.4 Å². The summed E-state index contributed by atoms with van der Waals surface area (Å²) in [6.07, 6.45) is 2.74. The zero-order valence-corrected chi connectivity index (χ0v) is 12.3. The molecule has 2 rings (SSSR count). The highest BCUT2D eigenvalue weighted by Gasteiger charge is 2.26. The first kappa shape index (κ1) is 15.3. The fourth-order valence-electron chi connectivity index (χ4n) is 2.43. The van der Waals surface area contributed by atoms with E-state index in [4.69, 9.17) is 5.11 Å². The predicted molar refractivity (Wildman–Crippen MR) is 80.3 cm³/mol. The summed E-state index contributed by atoms with van der Waals surface area (Å²) in [4.78, 5) is 0. The Balaban J connectivity index is 2.04. The van der Waals surface area contributed by atoms with Gasteiger partial charge in [0.2, 0.25) is 10.0 Å². The van der Waals surface area contributed by atoms with Gasteiger partial charge in [-0.05, 0) is 56.5 Å². The number of aryl methyl sites for hydroxylation is 1. The summed E-state index contributed by atoms with van der Waals surface area (Å²) in [5, 5.41) is 11.7. The van der Waals surface area contributed by atoms with Gasteiger partial charge in [-0.25, -0.2) is 8.42 Å².